The van der Waals surface area contributed by atoms with Gasteiger partial charge in [0.15, 0.2) is 0 Å². The van der Waals surface area contributed by atoms with Gasteiger partial charge in [-0.05, 0) is 12.5 Å². The minimum Gasteiger partial charge on any atom is -0.347 e. The topological polar surface area (TPSA) is 91.6 Å². The van der Waals surface area contributed by atoms with Gasteiger partial charge in [-0.15, -0.1) is 0 Å². The summed E-state index contributed by atoms with van der Waals surface area (Å²) >= 11 is 0. The molecule has 0 aromatic carbocycles. The molecule has 114 valence electrons. The Labute approximate surface area is 122 Å². The maximum absolute atomic E-state index is 12.3. The van der Waals surface area contributed by atoms with Crippen LogP contribution in [0, 0.1) is 17.0 Å². The molecule has 1 aliphatic rings. The SMILES string of the molecule is Cc1cnc(N2CCNCC2C(=O)N(C)C)c([N+](=O)[O-])c1. The fourth-order valence-electron chi connectivity index (χ4n) is 2.38. The van der Waals surface area contributed by atoms with E-state index in [9.17, 15) is 14.9 Å². The second-order valence-corrected chi connectivity index (χ2v) is 5.26. The molecule has 21 heavy (non-hydrogen) atoms. The van der Waals surface area contributed by atoms with Gasteiger partial charge in [0.25, 0.3) is 0 Å². The number of carbonyl (C=O) groups excluding carboxylic acids is 1. The standard InChI is InChI=1S/C13H19N5O3/c1-9-6-10(18(20)21)12(15-7-9)17-5-4-14-8-11(17)13(19)16(2)3/h6-7,11,14H,4-5,8H2,1-3H3. The second kappa shape index (κ2) is 6.04. The van der Waals surface area contributed by atoms with Gasteiger partial charge in [0.1, 0.15) is 6.04 Å². The molecule has 1 aromatic heterocycles. The Kier molecular flexibility index (Phi) is 4.37. The summed E-state index contributed by atoms with van der Waals surface area (Å²) in [5, 5.41) is 14.4. The molecule has 0 spiro atoms. The lowest BCUT2D eigenvalue weighted by Crippen LogP contribution is -2.58. The van der Waals surface area contributed by atoms with Crippen LogP contribution in [-0.2, 0) is 4.79 Å². The summed E-state index contributed by atoms with van der Waals surface area (Å²) in [6.45, 7) is 3.36. The molecule has 0 aliphatic carbocycles. The Morgan fingerprint density at radius 1 is 1.57 bits per heavy atom. The van der Waals surface area contributed by atoms with Crippen LogP contribution in [0.2, 0.25) is 0 Å². The highest BCUT2D eigenvalue weighted by Gasteiger charge is 2.34. The maximum atomic E-state index is 12.3. The molecule has 1 aliphatic heterocycles. The van der Waals surface area contributed by atoms with Gasteiger partial charge in [-0.1, -0.05) is 0 Å². The molecule has 2 heterocycles. The van der Waals surface area contributed by atoms with Crippen LogP contribution < -0.4 is 10.2 Å². The van der Waals surface area contributed by atoms with Gasteiger partial charge in [0.05, 0.1) is 4.92 Å². The van der Waals surface area contributed by atoms with E-state index in [0.29, 0.717) is 19.6 Å². The van der Waals surface area contributed by atoms with Gasteiger partial charge >= 0.3 is 5.69 Å². The number of carbonyl (C=O) groups is 1. The van der Waals surface area contributed by atoms with E-state index in [1.54, 1.807) is 32.1 Å². The number of pyridine rings is 1. The third kappa shape index (κ3) is 3.10. The number of anilines is 1. The molecule has 1 fully saturated rings. The van der Waals surface area contributed by atoms with Crippen molar-refractivity contribution in [3.63, 3.8) is 0 Å². The van der Waals surface area contributed by atoms with Crippen molar-refractivity contribution in [2.75, 3.05) is 38.6 Å². The van der Waals surface area contributed by atoms with Crippen LogP contribution in [0.25, 0.3) is 0 Å². The molecule has 2 rings (SSSR count). The number of nitro groups is 1. The van der Waals surface area contributed by atoms with Gasteiger partial charge in [-0.2, -0.15) is 0 Å². The van der Waals surface area contributed by atoms with E-state index in [-0.39, 0.29) is 17.4 Å². The first-order valence-corrected chi connectivity index (χ1v) is 6.71. The normalized spacial score (nSPS) is 18.4. The van der Waals surface area contributed by atoms with Crippen molar-refractivity contribution in [3.05, 3.63) is 27.9 Å². The molecule has 1 aromatic rings. The molecule has 0 radical (unpaired) electrons. The number of aryl methyl sites for hydroxylation is 1. The van der Waals surface area contributed by atoms with Gasteiger partial charge < -0.3 is 15.1 Å². The highest BCUT2D eigenvalue weighted by molar-refractivity contribution is 5.86. The number of amides is 1. The van der Waals surface area contributed by atoms with E-state index in [4.69, 9.17) is 0 Å². The monoisotopic (exact) mass is 293 g/mol. The number of hydrogen-bond acceptors (Lipinski definition) is 6. The van der Waals surface area contributed by atoms with Gasteiger partial charge in [0, 0.05) is 46.0 Å². The molecule has 1 saturated heterocycles. The Hall–Kier alpha value is -2.22. The van der Waals surface area contributed by atoms with Crippen molar-refractivity contribution in [2.45, 2.75) is 13.0 Å². The molecular formula is C13H19N5O3. The average Bonchev–Trinajstić information content (AvgIpc) is 2.46. The Morgan fingerprint density at radius 2 is 2.29 bits per heavy atom. The van der Waals surface area contributed by atoms with E-state index in [1.807, 2.05) is 0 Å². The molecule has 1 amide bonds. The molecule has 8 nitrogen and oxygen atoms in total. The van der Waals surface area contributed by atoms with E-state index in [1.165, 1.54) is 11.0 Å². The van der Waals surface area contributed by atoms with E-state index < -0.39 is 11.0 Å². The predicted molar refractivity (Wildman–Crippen MR) is 78.3 cm³/mol. The lowest BCUT2D eigenvalue weighted by molar-refractivity contribution is -0.384. The van der Waals surface area contributed by atoms with Crippen LogP contribution in [0.5, 0.6) is 0 Å². The highest BCUT2D eigenvalue weighted by Crippen LogP contribution is 2.28. The first-order chi connectivity index (χ1) is 9.91. The number of aromatic nitrogens is 1. The summed E-state index contributed by atoms with van der Waals surface area (Å²) in [6.07, 6.45) is 1.58. The van der Waals surface area contributed by atoms with Crippen molar-refractivity contribution in [2.24, 2.45) is 0 Å². The summed E-state index contributed by atoms with van der Waals surface area (Å²) in [7, 11) is 3.35. The maximum Gasteiger partial charge on any atom is 0.311 e. The van der Waals surface area contributed by atoms with Crippen LogP contribution in [0.4, 0.5) is 11.5 Å². The Bertz CT molecular complexity index is 561. The zero-order chi connectivity index (χ0) is 15.6. The highest BCUT2D eigenvalue weighted by atomic mass is 16.6. The Balaban J connectivity index is 2.42. The number of hydrogen-bond donors (Lipinski definition) is 1. The number of rotatable bonds is 3. The van der Waals surface area contributed by atoms with Crippen LogP contribution in [-0.4, -0.2) is 60.5 Å². The number of nitrogens with one attached hydrogen (secondary N) is 1. The minimum atomic E-state index is -0.484. The molecular weight excluding hydrogens is 274 g/mol. The largest absolute Gasteiger partial charge is 0.347 e. The van der Waals surface area contributed by atoms with Gasteiger partial charge in [-0.25, -0.2) is 4.98 Å². The van der Waals surface area contributed by atoms with Crippen molar-refractivity contribution in [3.8, 4) is 0 Å². The fraction of sp³-hybridized carbons (Fsp3) is 0.538. The number of piperazine rings is 1. The number of likely N-dealkylation sites (N-methyl/N-ethyl adjacent to an activating group) is 1. The summed E-state index contributed by atoms with van der Waals surface area (Å²) in [5.74, 6) is 0.158. The Morgan fingerprint density at radius 3 is 2.90 bits per heavy atom. The van der Waals surface area contributed by atoms with Gasteiger partial charge in [0.2, 0.25) is 11.7 Å². The smallest absolute Gasteiger partial charge is 0.311 e. The van der Waals surface area contributed by atoms with Crippen LogP contribution >= 0.6 is 0 Å². The van der Waals surface area contributed by atoms with Gasteiger partial charge in [-0.3, -0.25) is 14.9 Å². The summed E-state index contributed by atoms with van der Waals surface area (Å²) in [4.78, 5) is 30.5. The molecule has 1 N–H and O–H groups in total. The van der Waals surface area contributed by atoms with Crippen LogP contribution in [0.1, 0.15) is 5.56 Å². The third-order valence-electron chi connectivity index (χ3n) is 3.42. The van der Waals surface area contributed by atoms with Crippen molar-refractivity contribution in [1.82, 2.24) is 15.2 Å². The van der Waals surface area contributed by atoms with E-state index in [0.717, 1.165) is 5.56 Å². The minimum absolute atomic E-state index is 0.0616. The first-order valence-electron chi connectivity index (χ1n) is 6.71. The van der Waals surface area contributed by atoms with Crippen molar-refractivity contribution < 1.29 is 9.72 Å². The van der Waals surface area contributed by atoms with Crippen LogP contribution in [0.15, 0.2) is 12.3 Å². The van der Waals surface area contributed by atoms with E-state index >= 15 is 0 Å². The lowest BCUT2D eigenvalue weighted by atomic mass is 10.1. The molecule has 8 heteroatoms. The zero-order valence-corrected chi connectivity index (χ0v) is 12.4. The fourth-order valence-corrected chi connectivity index (χ4v) is 2.38. The summed E-state index contributed by atoms with van der Waals surface area (Å²) in [5.41, 5.74) is 0.657. The number of nitrogens with zero attached hydrogens (tertiary/aromatic N) is 4. The molecule has 1 atom stereocenters. The quantitative estimate of drug-likeness (QED) is 0.631. The second-order valence-electron chi connectivity index (χ2n) is 5.26. The van der Waals surface area contributed by atoms with Crippen molar-refractivity contribution >= 4 is 17.4 Å². The molecule has 1 unspecified atom stereocenters. The summed E-state index contributed by atoms with van der Waals surface area (Å²) < 4.78 is 0. The summed E-state index contributed by atoms with van der Waals surface area (Å²) in [6, 6.07) is 1.00. The van der Waals surface area contributed by atoms with Crippen LogP contribution in [0.3, 0.4) is 0 Å². The molecule has 0 saturated carbocycles. The lowest BCUT2D eigenvalue weighted by Gasteiger charge is -2.36. The molecule has 0 bridgehead atoms. The third-order valence-corrected chi connectivity index (χ3v) is 3.42. The average molecular weight is 293 g/mol. The first kappa shape index (κ1) is 15.2. The zero-order valence-electron chi connectivity index (χ0n) is 12.4. The van der Waals surface area contributed by atoms with Crippen molar-refractivity contribution in [1.29, 1.82) is 0 Å². The predicted octanol–water partition coefficient (Wildman–Crippen LogP) is 0.165. The van der Waals surface area contributed by atoms with E-state index in [2.05, 4.69) is 10.3 Å².